The summed E-state index contributed by atoms with van der Waals surface area (Å²) in [5.41, 5.74) is 2.24. The van der Waals surface area contributed by atoms with E-state index in [1.54, 1.807) is 0 Å². The molecule has 0 saturated heterocycles. The molecule has 0 bridgehead atoms. The normalized spacial score (nSPS) is 12.7. The Bertz CT molecular complexity index is 336. The Morgan fingerprint density at radius 1 is 1.18 bits per heavy atom. The fourth-order valence-corrected chi connectivity index (χ4v) is 2.76. The highest BCUT2D eigenvalue weighted by molar-refractivity contribution is 9.10. The summed E-state index contributed by atoms with van der Waals surface area (Å²) in [7, 11) is 0. The van der Waals surface area contributed by atoms with Gasteiger partial charge in [-0.3, -0.25) is 0 Å². The first-order chi connectivity index (χ1) is 8.15. The highest BCUT2D eigenvalue weighted by Crippen LogP contribution is 2.28. The van der Waals surface area contributed by atoms with Crippen LogP contribution in [0.4, 0.5) is 0 Å². The molecule has 0 aliphatic heterocycles. The number of hydrogen-bond acceptors (Lipinski definition) is 1. The molecule has 0 aliphatic rings. The highest BCUT2D eigenvalue weighted by atomic mass is 79.9. The summed E-state index contributed by atoms with van der Waals surface area (Å²) in [6.45, 7) is 4.28. The molecule has 1 aromatic rings. The van der Waals surface area contributed by atoms with Crippen LogP contribution in [0, 0.1) is 6.92 Å². The van der Waals surface area contributed by atoms with Crippen molar-refractivity contribution in [2.45, 2.75) is 58.5 Å². The fraction of sp³-hybridized carbons (Fsp3) is 0.600. The van der Waals surface area contributed by atoms with Gasteiger partial charge in [-0.15, -0.1) is 0 Å². The molecule has 1 rings (SSSR count). The molecule has 1 atom stereocenters. The second-order valence-corrected chi connectivity index (χ2v) is 5.60. The van der Waals surface area contributed by atoms with E-state index in [1.807, 2.05) is 6.07 Å². The molecule has 0 heterocycles. The van der Waals surface area contributed by atoms with Gasteiger partial charge in [-0.25, -0.2) is 0 Å². The lowest BCUT2D eigenvalue weighted by molar-refractivity contribution is 0.162. The van der Waals surface area contributed by atoms with Crippen LogP contribution in [0.15, 0.2) is 22.7 Å². The van der Waals surface area contributed by atoms with Crippen molar-refractivity contribution in [1.82, 2.24) is 0 Å². The lowest BCUT2D eigenvalue weighted by atomic mass is 10.0. The molecular formula is C15H23BrO. The minimum absolute atomic E-state index is 0.327. The lowest BCUT2D eigenvalue weighted by Gasteiger charge is -2.13. The summed E-state index contributed by atoms with van der Waals surface area (Å²) in [5, 5.41) is 10.1. The zero-order valence-electron chi connectivity index (χ0n) is 10.9. The van der Waals surface area contributed by atoms with Crippen LogP contribution < -0.4 is 0 Å². The molecule has 17 heavy (non-hydrogen) atoms. The van der Waals surface area contributed by atoms with E-state index in [-0.39, 0.29) is 6.10 Å². The molecular weight excluding hydrogens is 276 g/mol. The zero-order valence-corrected chi connectivity index (χ0v) is 12.5. The third-order valence-corrected chi connectivity index (χ3v) is 3.78. The molecule has 0 aromatic heterocycles. The summed E-state index contributed by atoms with van der Waals surface area (Å²) >= 11 is 3.52. The zero-order chi connectivity index (χ0) is 12.7. The standard InChI is InChI=1S/C15H23BrO/c1-3-4-5-6-7-8-15(17)13-10-9-12(2)11-14(13)16/h9-11,15,17H,3-8H2,1-2H3. The number of rotatable bonds is 7. The van der Waals surface area contributed by atoms with Gasteiger partial charge in [0.1, 0.15) is 0 Å². The van der Waals surface area contributed by atoms with Crippen molar-refractivity contribution in [3.8, 4) is 0 Å². The van der Waals surface area contributed by atoms with Crippen LogP contribution in [0.25, 0.3) is 0 Å². The van der Waals surface area contributed by atoms with Crippen LogP contribution in [-0.4, -0.2) is 5.11 Å². The van der Waals surface area contributed by atoms with Gasteiger partial charge in [0.05, 0.1) is 6.10 Å². The average molecular weight is 299 g/mol. The molecule has 96 valence electrons. The molecule has 0 radical (unpaired) electrons. The second kappa shape index (κ2) is 7.88. The molecule has 0 spiro atoms. The average Bonchev–Trinajstić information content (AvgIpc) is 2.28. The van der Waals surface area contributed by atoms with E-state index in [1.165, 1.54) is 31.2 Å². The van der Waals surface area contributed by atoms with Gasteiger partial charge in [0.25, 0.3) is 0 Å². The Hall–Kier alpha value is -0.340. The quantitative estimate of drug-likeness (QED) is 0.690. The van der Waals surface area contributed by atoms with Gasteiger partial charge in [0.15, 0.2) is 0 Å². The number of aliphatic hydroxyl groups excluding tert-OH is 1. The Morgan fingerprint density at radius 2 is 1.88 bits per heavy atom. The number of aryl methyl sites for hydroxylation is 1. The van der Waals surface area contributed by atoms with E-state index in [2.05, 4.69) is 41.9 Å². The van der Waals surface area contributed by atoms with Gasteiger partial charge in [0.2, 0.25) is 0 Å². The van der Waals surface area contributed by atoms with Crippen LogP contribution in [0.1, 0.15) is 62.7 Å². The lowest BCUT2D eigenvalue weighted by Crippen LogP contribution is -1.99. The number of aliphatic hydroxyl groups is 1. The van der Waals surface area contributed by atoms with Crippen LogP contribution in [0.2, 0.25) is 0 Å². The maximum Gasteiger partial charge on any atom is 0.0800 e. The van der Waals surface area contributed by atoms with E-state index >= 15 is 0 Å². The molecule has 1 aromatic carbocycles. The Morgan fingerprint density at radius 3 is 2.53 bits per heavy atom. The number of hydrogen-bond donors (Lipinski definition) is 1. The maximum atomic E-state index is 10.1. The second-order valence-electron chi connectivity index (χ2n) is 4.74. The summed E-state index contributed by atoms with van der Waals surface area (Å²) in [4.78, 5) is 0. The smallest absolute Gasteiger partial charge is 0.0800 e. The molecule has 1 nitrogen and oxygen atoms in total. The van der Waals surface area contributed by atoms with Gasteiger partial charge in [-0.2, -0.15) is 0 Å². The van der Waals surface area contributed by atoms with E-state index in [0.29, 0.717) is 0 Å². The Balaban J connectivity index is 2.38. The van der Waals surface area contributed by atoms with Gasteiger partial charge in [0, 0.05) is 4.47 Å². The van der Waals surface area contributed by atoms with E-state index < -0.39 is 0 Å². The number of halogens is 1. The first-order valence-electron chi connectivity index (χ1n) is 6.59. The summed E-state index contributed by atoms with van der Waals surface area (Å²) in [6.07, 6.45) is 6.75. The molecule has 0 amide bonds. The molecule has 2 heteroatoms. The fourth-order valence-electron chi connectivity index (χ4n) is 2.00. The van der Waals surface area contributed by atoms with Crippen molar-refractivity contribution in [1.29, 1.82) is 0 Å². The number of benzene rings is 1. The topological polar surface area (TPSA) is 20.2 Å². The van der Waals surface area contributed by atoms with Crippen molar-refractivity contribution in [2.24, 2.45) is 0 Å². The molecule has 0 aliphatic carbocycles. The van der Waals surface area contributed by atoms with Crippen LogP contribution in [-0.2, 0) is 0 Å². The molecule has 1 unspecified atom stereocenters. The minimum atomic E-state index is -0.327. The Labute approximate surface area is 113 Å². The van der Waals surface area contributed by atoms with Crippen molar-refractivity contribution in [3.05, 3.63) is 33.8 Å². The van der Waals surface area contributed by atoms with E-state index in [9.17, 15) is 5.11 Å². The first-order valence-corrected chi connectivity index (χ1v) is 7.38. The van der Waals surface area contributed by atoms with Crippen molar-refractivity contribution in [2.75, 3.05) is 0 Å². The SMILES string of the molecule is CCCCCCCC(O)c1ccc(C)cc1Br. The summed E-state index contributed by atoms with van der Waals surface area (Å²) in [5.74, 6) is 0. The number of unbranched alkanes of at least 4 members (excludes halogenated alkanes) is 4. The molecule has 0 fully saturated rings. The van der Waals surface area contributed by atoms with Crippen molar-refractivity contribution < 1.29 is 5.11 Å². The minimum Gasteiger partial charge on any atom is -0.388 e. The predicted octanol–water partition coefficient (Wildman–Crippen LogP) is 5.15. The van der Waals surface area contributed by atoms with Crippen LogP contribution >= 0.6 is 15.9 Å². The third kappa shape index (κ3) is 5.22. The van der Waals surface area contributed by atoms with Gasteiger partial charge < -0.3 is 5.11 Å². The van der Waals surface area contributed by atoms with Crippen LogP contribution in [0.5, 0.6) is 0 Å². The van der Waals surface area contributed by atoms with Crippen molar-refractivity contribution in [3.63, 3.8) is 0 Å². The summed E-state index contributed by atoms with van der Waals surface area (Å²) < 4.78 is 1.03. The van der Waals surface area contributed by atoms with E-state index in [0.717, 1.165) is 22.9 Å². The first kappa shape index (κ1) is 14.7. The van der Waals surface area contributed by atoms with E-state index in [4.69, 9.17) is 0 Å². The monoisotopic (exact) mass is 298 g/mol. The van der Waals surface area contributed by atoms with Crippen molar-refractivity contribution >= 4 is 15.9 Å². The molecule has 1 N–H and O–H groups in total. The third-order valence-electron chi connectivity index (χ3n) is 3.10. The van der Waals surface area contributed by atoms with Gasteiger partial charge >= 0.3 is 0 Å². The maximum absolute atomic E-state index is 10.1. The largest absolute Gasteiger partial charge is 0.388 e. The molecule has 0 saturated carbocycles. The predicted molar refractivity (Wildman–Crippen MR) is 77.2 cm³/mol. The summed E-state index contributed by atoms with van der Waals surface area (Å²) in [6, 6.07) is 6.14. The van der Waals surface area contributed by atoms with Gasteiger partial charge in [-0.05, 0) is 30.5 Å². The Kier molecular flexibility index (Phi) is 6.83. The highest BCUT2D eigenvalue weighted by Gasteiger charge is 2.10. The van der Waals surface area contributed by atoms with Gasteiger partial charge in [-0.1, -0.05) is 67.1 Å². The van der Waals surface area contributed by atoms with Crippen LogP contribution in [0.3, 0.4) is 0 Å².